The molecule has 0 saturated carbocycles. The van der Waals surface area contributed by atoms with Crippen LogP contribution in [-0.4, -0.2) is 19.7 Å². The number of aryl methyl sites for hydroxylation is 2. The van der Waals surface area contributed by atoms with Gasteiger partial charge in [-0.3, -0.25) is 19.8 Å². The molecule has 0 aliphatic heterocycles. The van der Waals surface area contributed by atoms with Crippen molar-refractivity contribution in [1.29, 1.82) is 0 Å². The number of nitrogens with zero attached hydrogens (tertiary/aromatic N) is 4. The molecule has 0 unspecified atom stereocenters. The van der Waals surface area contributed by atoms with Crippen molar-refractivity contribution in [3.8, 4) is 0 Å². The molecule has 0 aliphatic rings. The summed E-state index contributed by atoms with van der Waals surface area (Å²) < 4.78 is 1.78. The van der Waals surface area contributed by atoms with E-state index in [-0.39, 0.29) is 10.6 Å². The zero-order valence-electron chi connectivity index (χ0n) is 11.8. The van der Waals surface area contributed by atoms with Crippen LogP contribution in [0.25, 0.3) is 0 Å². The molecule has 0 radical (unpaired) electrons. The van der Waals surface area contributed by atoms with E-state index in [0.717, 1.165) is 5.69 Å². The van der Waals surface area contributed by atoms with Crippen LogP contribution in [0.3, 0.4) is 0 Å². The van der Waals surface area contributed by atoms with Crippen molar-refractivity contribution < 1.29 is 4.92 Å². The summed E-state index contributed by atoms with van der Waals surface area (Å²) >= 11 is 0. The molecule has 7 nitrogen and oxygen atoms in total. The van der Waals surface area contributed by atoms with Gasteiger partial charge in [0.1, 0.15) is 0 Å². The van der Waals surface area contributed by atoms with Gasteiger partial charge >= 0.3 is 0 Å². The van der Waals surface area contributed by atoms with Crippen LogP contribution in [-0.2, 0) is 20.1 Å². The number of rotatable bonds is 5. The molecule has 0 bridgehead atoms. The van der Waals surface area contributed by atoms with Gasteiger partial charge < -0.3 is 5.32 Å². The van der Waals surface area contributed by atoms with Gasteiger partial charge in [-0.25, -0.2) is 0 Å². The van der Waals surface area contributed by atoms with E-state index in [1.807, 2.05) is 13.1 Å². The smallest absolute Gasteiger partial charge is 0.278 e. The summed E-state index contributed by atoms with van der Waals surface area (Å²) in [4.78, 5) is 15.0. The van der Waals surface area contributed by atoms with Crippen LogP contribution < -0.4 is 5.32 Å². The lowest BCUT2D eigenvalue weighted by Crippen LogP contribution is -2.17. The number of nitro groups is 1. The first-order valence-corrected chi connectivity index (χ1v) is 6.27. The normalized spacial score (nSPS) is 10.8. The highest BCUT2D eigenvalue weighted by Gasteiger charge is 2.18. The second kappa shape index (κ2) is 5.79. The molecule has 1 N–H and O–H groups in total. The molecular formula is C13H17N5O2. The summed E-state index contributed by atoms with van der Waals surface area (Å²) in [6, 6.07) is 1.92. The molecule has 0 aromatic carbocycles. The van der Waals surface area contributed by atoms with Gasteiger partial charge in [0.25, 0.3) is 5.69 Å². The minimum atomic E-state index is -0.350. The lowest BCUT2D eigenvalue weighted by atomic mass is 10.1. The molecule has 106 valence electrons. The van der Waals surface area contributed by atoms with E-state index in [2.05, 4.69) is 15.4 Å². The largest absolute Gasteiger partial charge is 0.306 e. The van der Waals surface area contributed by atoms with Crippen molar-refractivity contribution in [1.82, 2.24) is 20.1 Å². The fourth-order valence-electron chi connectivity index (χ4n) is 2.11. The van der Waals surface area contributed by atoms with Crippen LogP contribution in [0.4, 0.5) is 5.69 Å². The summed E-state index contributed by atoms with van der Waals surface area (Å²) in [5.74, 6) is 0. The molecule has 2 aromatic heterocycles. The van der Waals surface area contributed by atoms with Crippen LogP contribution in [0.1, 0.15) is 22.5 Å². The Bertz CT molecular complexity index is 636. The quantitative estimate of drug-likeness (QED) is 0.662. The summed E-state index contributed by atoms with van der Waals surface area (Å²) in [6.45, 7) is 4.56. The Morgan fingerprint density at radius 1 is 1.40 bits per heavy atom. The van der Waals surface area contributed by atoms with Crippen LogP contribution in [0.2, 0.25) is 0 Å². The van der Waals surface area contributed by atoms with E-state index in [9.17, 15) is 10.1 Å². The van der Waals surface area contributed by atoms with Crippen molar-refractivity contribution in [2.24, 2.45) is 7.05 Å². The molecule has 0 spiro atoms. The predicted molar refractivity (Wildman–Crippen MR) is 74.1 cm³/mol. The molecule has 0 atom stereocenters. The van der Waals surface area contributed by atoms with Crippen molar-refractivity contribution in [3.63, 3.8) is 0 Å². The van der Waals surface area contributed by atoms with Crippen LogP contribution in [0, 0.1) is 24.0 Å². The Morgan fingerprint density at radius 2 is 2.15 bits per heavy atom. The van der Waals surface area contributed by atoms with E-state index in [1.54, 1.807) is 30.9 Å². The monoisotopic (exact) mass is 275 g/mol. The Kier molecular flexibility index (Phi) is 4.09. The highest BCUT2D eigenvalue weighted by atomic mass is 16.6. The molecule has 2 aromatic rings. The summed E-state index contributed by atoms with van der Waals surface area (Å²) in [5.41, 5.74) is 3.10. The zero-order chi connectivity index (χ0) is 14.7. The van der Waals surface area contributed by atoms with Gasteiger partial charge in [-0.05, 0) is 19.9 Å². The molecule has 2 rings (SSSR count). The van der Waals surface area contributed by atoms with E-state index in [1.165, 1.54) is 0 Å². The fourth-order valence-corrected chi connectivity index (χ4v) is 2.11. The molecule has 0 saturated heterocycles. The number of nitrogens with one attached hydrogen (secondary N) is 1. The molecule has 0 fully saturated rings. The lowest BCUT2D eigenvalue weighted by Gasteiger charge is -2.09. The maximum Gasteiger partial charge on any atom is 0.278 e. The van der Waals surface area contributed by atoms with E-state index >= 15 is 0 Å². The lowest BCUT2D eigenvalue weighted by molar-refractivity contribution is -0.386. The standard InChI is InChI=1S/C13H17N5O2/c1-9-6-15-12(10(2)13(9)18(19)20)8-14-7-11-4-5-16-17(11)3/h4-6,14H,7-8H2,1-3H3. The molecule has 0 amide bonds. The molecule has 7 heteroatoms. The highest BCUT2D eigenvalue weighted by molar-refractivity contribution is 5.47. The summed E-state index contributed by atoms with van der Waals surface area (Å²) in [5, 5.41) is 18.4. The second-order valence-electron chi connectivity index (χ2n) is 4.67. The first-order chi connectivity index (χ1) is 9.50. The third kappa shape index (κ3) is 2.83. The number of hydrogen-bond donors (Lipinski definition) is 1. The third-order valence-electron chi connectivity index (χ3n) is 3.28. The number of aromatic nitrogens is 3. The second-order valence-corrected chi connectivity index (χ2v) is 4.67. The SMILES string of the molecule is Cc1cnc(CNCc2ccnn2C)c(C)c1[N+](=O)[O-]. The molecule has 2 heterocycles. The van der Waals surface area contributed by atoms with E-state index in [4.69, 9.17) is 0 Å². The summed E-state index contributed by atoms with van der Waals surface area (Å²) in [6.07, 6.45) is 3.28. The van der Waals surface area contributed by atoms with Crippen molar-refractivity contribution in [2.45, 2.75) is 26.9 Å². The molecule has 20 heavy (non-hydrogen) atoms. The van der Waals surface area contributed by atoms with Gasteiger partial charge in [0.15, 0.2) is 0 Å². The average Bonchev–Trinajstić information content (AvgIpc) is 2.78. The highest BCUT2D eigenvalue weighted by Crippen LogP contribution is 2.23. The van der Waals surface area contributed by atoms with Crippen molar-refractivity contribution in [3.05, 3.63) is 51.1 Å². The molecule has 0 aliphatic carbocycles. The summed E-state index contributed by atoms with van der Waals surface area (Å²) in [7, 11) is 1.87. The Labute approximate surface area is 116 Å². The maximum absolute atomic E-state index is 11.0. The van der Waals surface area contributed by atoms with Gasteiger partial charge in [-0.15, -0.1) is 0 Å². The van der Waals surface area contributed by atoms with Crippen LogP contribution >= 0.6 is 0 Å². The average molecular weight is 275 g/mol. The van der Waals surface area contributed by atoms with Gasteiger partial charge in [0, 0.05) is 43.7 Å². The minimum absolute atomic E-state index is 0.150. The Hall–Kier alpha value is -2.28. The number of pyridine rings is 1. The zero-order valence-corrected chi connectivity index (χ0v) is 11.8. The Morgan fingerprint density at radius 3 is 2.75 bits per heavy atom. The molecular weight excluding hydrogens is 258 g/mol. The van der Waals surface area contributed by atoms with Crippen LogP contribution in [0.5, 0.6) is 0 Å². The van der Waals surface area contributed by atoms with E-state index < -0.39 is 0 Å². The first kappa shape index (κ1) is 14.1. The Balaban J connectivity index is 2.09. The van der Waals surface area contributed by atoms with Crippen molar-refractivity contribution >= 4 is 5.69 Å². The van der Waals surface area contributed by atoms with Crippen molar-refractivity contribution in [2.75, 3.05) is 0 Å². The third-order valence-corrected chi connectivity index (χ3v) is 3.28. The van der Waals surface area contributed by atoms with Gasteiger partial charge in [0.05, 0.1) is 16.3 Å². The number of hydrogen-bond acceptors (Lipinski definition) is 5. The van der Waals surface area contributed by atoms with Gasteiger partial charge in [-0.1, -0.05) is 0 Å². The predicted octanol–water partition coefficient (Wildman–Crippen LogP) is 1.63. The van der Waals surface area contributed by atoms with E-state index in [0.29, 0.717) is 29.9 Å². The van der Waals surface area contributed by atoms with Crippen LogP contribution in [0.15, 0.2) is 18.5 Å². The fraction of sp³-hybridized carbons (Fsp3) is 0.385. The topological polar surface area (TPSA) is 85.9 Å². The minimum Gasteiger partial charge on any atom is -0.306 e. The first-order valence-electron chi connectivity index (χ1n) is 6.27. The maximum atomic E-state index is 11.0. The van der Waals surface area contributed by atoms with Gasteiger partial charge in [-0.2, -0.15) is 5.10 Å². The van der Waals surface area contributed by atoms with Gasteiger partial charge in [0.2, 0.25) is 0 Å².